The molecule has 1 amide bonds. The van der Waals surface area contributed by atoms with Gasteiger partial charge in [0.1, 0.15) is 18.1 Å². The van der Waals surface area contributed by atoms with Crippen molar-refractivity contribution >= 4 is 11.6 Å². The molecule has 1 aromatic heterocycles. The van der Waals surface area contributed by atoms with Gasteiger partial charge in [0.15, 0.2) is 5.76 Å². The number of alkyl halides is 3. The van der Waals surface area contributed by atoms with Crippen LogP contribution in [0.15, 0.2) is 34.7 Å². The molecule has 0 radical (unpaired) electrons. The van der Waals surface area contributed by atoms with Gasteiger partial charge in [-0.1, -0.05) is 6.92 Å². The van der Waals surface area contributed by atoms with Crippen molar-refractivity contribution in [3.8, 4) is 5.75 Å². The molecular weight excluding hydrogens is 339 g/mol. The van der Waals surface area contributed by atoms with E-state index >= 15 is 0 Å². The van der Waals surface area contributed by atoms with E-state index < -0.39 is 17.6 Å². The van der Waals surface area contributed by atoms with Crippen molar-refractivity contribution in [2.24, 2.45) is 0 Å². The van der Waals surface area contributed by atoms with Crippen LogP contribution in [0.2, 0.25) is 0 Å². The zero-order valence-corrected chi connectivity index (χ0v) is 13.8. The minimum Gasteiger partial charge on any atom is -0.491 e. The molecule has 0 saturated heterocycles. The van der Waals surface area contributed by atoms with Crippen LogP contribution < -0.4 is 10.1 Å². The highest BCUT2D eigenvalue weighted by atomic mass is 19.4. The standard InChI is InChI=1S/C17H18F3NO4/c1-3-8-24-14-6-4-11(17(18,19)20)9-13(14)21-16(22)15-7-5-12(25-15)10-23-2/h4-7,9H,3,8,10H2,1-2H3,(H,21,22). The van der Waals surface area contributed by atoms with Crippen LogP contribution in [0.4, 0.5) is 18.9 Å². The average molecular weight is 357 g/mol. The summed E-state index contributed by atoms with van der Waals surface area (Å²) in [7, 11) is 1.47. The molecular formula is C17H18F3NO4. The predicted molar refractivity (Wildman–Crippen MR) is 84.6 cm³/mol. The van der Waals surface area contributed by atoms with E-state index in [2.05, 4.69) is 5.32 Å². The molecule has 0 aliphatic rings. The SMILES string of the molecule is CCCOc1ccc(C(F)(F)F)cc1NC(=O)c1ccc(COC)o1. The molecule has 1 aromatic carbocycles. The number of carbonyl (C=O) groups excluding carboxylic acids is 1. The largest absolute Gasteiger partial charge is 0.491 e. The molecule has 1 heterocycles. The molecule has 0 fully saturated rings. The number of anilines is 1. The van der Waals surface area contributed by atoms with Crippen molar-refractivity contribution in [2.75, 3.05) is 19.0 Å². The lowest BCUT2D eigenvalue weighted by atomic mass is 10.1. The summed E-state index contributed by atoms with van der Waals surface area (Å²) in [6.07, 6.45) is -3.86. The van der Waals surface area contributed by atoms with Gasteiger partial charge < -0.3 is 19.2 Å². The number of hydrogen-bond acceptors (Lipinski definition) is 4. The molecule has 0 bridgehead atoms. The van der Waals surface area contributed by atoms with Crippen molar-refractivity contribution < 1.29 is 31.9 Å². The fourth-order valence-electron chi connectivity index (χ4n) is 2.05. The number of halogens is 3. The molecule has 25 heavy (non-hydrogen) atoms. The van der Waals surface area contributed by atoms with Crippen LogP contribution in [0.5, 0.6) is 5.75 Å². The van der Waals surface area contributed by atoms with Gasteiger partial charge in [0.2, 0.25) is 0 Å². The smallest absolute Gasteiger partial charge is 0.416 e. The maximum absolute atomic E-state index is 12.9. The minimum absolute atomic E-state index is 0.0362. The summed E-state index contributed by atoms with van der Waals surface area (Å²) >= 11 is 0. The lowest BCUT2D eigenvalue weighted by molar-refractivity contribution is -0.137. The molecule has 0 spiro atoms. The summed E-state index contributed by atoms with van der Waals surface area (Å²) < 4.78 is 54.3. The first-order chi connectivity index (χ1) is 11.8. The second-order valence-electron chi connectivity index (χ2n) is 5.21. The number of rotatable bonds is 7. The van der Waals surface area contributed by atoms with Crippen molar-refractivity contribution in [1.29, 1.82) is 0 Å². The van der Waals surface area contributed by atoms with Crippen molar-refractivity contribution in [3.05, 3.63) is 47.4 Å². The van der Waals surface area contributed by atoms with E-state index in [1.807, 2.05) is 6.92 Å². The molecule has 0 aliphatic heterocycles. The molecule has 1 N–H and O–H groups in total. The monoisotopic (exact) mass is 357 g/mol. The second kappa shape index (κ2) is 8.06. The predicted octanol–water partition coefficient (Wildman–Crippen LogP) is 4.49. The molecule has 136 valence electrons. The third-order valence-electron chi connectivity index (χ3n) is 3.19. The van der Waals surface area contributed by atoms with Crippen LogP contribution in [0.25, 0.3) is 0 Å². The van der Waals surface area contributed by atoms with E-state index in [9.17, 15) is 18.0 Å². The number of carbonyl (C=O) groups is 1. The molecule has 0 aliphatic carbocycles. The number of amides is 1. The Kier molecular flexibility index (Phi) is 6.08. The van der Waals surface area contributed by atoms with Gasteiger partial charge in [-0.3, -0.25) is 4.79 Å². The van der Waals surface area contributed by atoms with E-state index in [0.29, 0.717) is 18.8 Å². The first-order valence-corrected chi connectivity index (χ1v) is 7.58. The van der Waals surface area contributed by atoms with Gasteiger partial charge in [-0.05, 0) is 36.8 Å². The number of hydrogen-bond donors (Lipinski definition) is 1. The highest BCUT2D eigenvalue weighted by Gasteiger charge is 2.31. The van der Waals surface area contributed by atoms with E-state index in [1.165, 1.54) is 19.2 Å². The highest BCUT2D eigenvalue weighted by molar-refractivity contribution is 6.03. The number of methoxy groups -OCH3 is 1. The third kappa shape index (κ3) is 4.99. The van der Waals surface area contributed by atoms with Gasteiger partial charge in [0.05, 0.1) is 17.9 Å². The van der Waals surface area contributed by atoms with Crippen LogP contribution in [0.1, 0.15) is 35.2 Å². The van der Waals surface area contributed by atoms with Crippen molar-refractivity contribution in [3.63, 3.8) is 0 Å². The number of nitrogens with one attached hydrogen (secondary N) is 1. The Bertz CT molecular complexity index is 725. The Morgan fingerprint density at radius 3 is 2.64 bits per heavy atom. The third-order valence-corrected chi connectivity index (χ3v) is 3.19. The van der Waals surface area contributed by atoms with Crippen LogP contribution in [-0.4, -0.2) is 19.6 Å². The first-order valence-electron chi connectivity index (χ1n) is 7.58. The number of furan rings is 1. The zero-order valence-electron chi connectivity index (χ0n) is 13.8. The summed E-state index contributed by atoms with van der Waals surface area (Å²) in [5, 5.41) is 2.41. The Labute approximate surface area is 142 Å². The van der Waals surface area contributed by atoms with E-state index in [4.69, 9.17) is 13.9 Å². The van der Waals surface area contributed by atoms with Crippen LogP contribution in [0, 0.1) is 0 Å². The maximum atomic E-state index is 12.9. The van der Waals surface area contributed by atoms with Gasteiger partial charge in [0, 0.05) is 7.11 Å². The lowest BCUT2D eigenvalue weighted by Crippen LogP contribution is -2.14. The molecule has 5 nitrogen and oxygen atoms in total. The molecule has 0 unspecified atom stereocenters. The maximum Gasteiger partial charge on any atom is 0.416 e. The van der Waals surface area contributed by atoms with Crippen LogP contribution in [-0.2, 0) is 17.5 Å². The molecule has 0 saturated carbocycles. The van der Waals surface area contributed by atoms with Gasteiger partial charge in [0.25, 0.3) is 5.91 Å². The molecule has 8 heteroatoms. The quantitative estimate of drug-likeness (QED) is 0.793. The normalized spacial score (nSPS) is 11.4. The highest BCUT2D eigenvalue weighted by Crippen LogP contribution is 2.35. The average Bonchev–Trinajstić information content (AvgIpc) is 3.02. The molecule has 2 rings (SSSR count). The summed E-state index contributed by atoms with van der Waals surface area (Å²) in [5.74, 6) is -0.125. The second-order valence-corrected chi connectivity index (χ2v) is 5.21. The number of ether oxygens (including phenoxy) is 2. The Morgan fingerprint density at radius 2 is 2.00 bits per heavy atom. The van der Waals surface area contributed by atoms with Crippen molar-refractivity contribution in [2.45, 2.75) is 26.1 Å². The minimum atomic E-state index is -4.53. The van der Waals surface area contributed by atoms with E-state index in [1.54, 1.807) is 6.07 Å². The fraction of sp³-hybridized carbons (Fsp3) is 0.353. The van der Waals surface area contributed by atoms with Gasteiger partial charge in [-0.15, -0.1) is 0 Å². The summed E-state index contributed by atoms with van der Waals surface area (Å²) in [6.45, 7) is 2.36. The lowest BCUT2D eigenvalue weighted by Gasteiger charge is -2.14. The Hall–Kier alpha value is -2.48. The Balaban J connectivity index is 2.25. The van der Waals surface area contributed by atoms with Crippen molar-refractivity contribution in [1.82, 2.24) is 0 Å². The fourth-order valence-corrected chi connectivity index (χ4v) is 2.05. The van der Waals surface area contributed by atoms with Gasteiger partial charge in [-0.2, -0.15) is 13.2 Å². The summed E-state index contributed by atoms with van der Waals surface area (Å²) in [5.41, 5.74) is -0.955. The zero-order chi connectivity index (χ0) is 18.4. The van der Waals surface area contributed by atoms with Crippen LogP contribution >= 0.6 is 0 Å². The molecule has 0 atom stereocenters. The van der Waals surface area contributed by atoms with Gasteiger partial charge in [-0.25, -0.2) is 0 Å². The Morgan fingerprint density at radius 1 is 1.24 bits per heavy atom. The first kappa shape index (κ1) is 18.9. The summed E-state index contributed by atoms with van der Waals surface area (Å²) in [6, 6.07) is 5.90. The van der Waals surface area contributed by atoms with Crippen LogP contribution in [0.3, 0.4) is 0 Å². The topological polar surface area (TPSA) is 60.7 Å². The van der Waals surface area contributed by atoms with E-state index in [0.717, 1.165) is 12.1 Å². The summed E-state index contributed by atoms with van der Waals surface area (Å²) in [4.78, 5) is 12.2. The molecule has 2 aromatic rings. The number of benzene rings is 1. The van der Waals surface area contributed by atoms with Gasteiger partial charge >= 0.3 is 6.18 Å². The van der Waals surface area contributed by atoms with E-state index in [-0.39, 0.29) is 23.8 Å².